The van der Waals surface area contributed by atoms with E-state index in [9.17, 15) is 0 Å². The van der Waals surface area contributed by atoms with Crippen LogP contribution in [0.4, 0.5) is 0 Å². The highest BCUT2D eigenvalue weighted by atomic mass is 16.3. The maximum Gasteiger partial charge on any atom is 0.135 e. The van der Waals surface area contributed by atoms with Crippen molar-refractivity contribution in [3.63, 3.8) is 0 Å². The Bertz CT molecular complexity index is 1600. The first kappa shape index (κ1) is 18.5. The molecule has 33 heavy (non-hydrogen) atoms. The van der Waals surface area contributed by atoms with Crippen LogP contribution in [0.2, 0.25) is 0 Å². The van der Waals surface area contributed by atoms with E-state index >= 15 is 0 Å². The van der Waals surface area contributed by atoms with Gasteiger partial charge in [0.1, 0.15) is 11.3 Å². The van der Waals surface area contributed by atoms with E-state index in [0.29, 0.717) is 0 Å². The topological polar surface area (TPSA) is 13.1 Å². The Balaban J connectivity index is 1.65. The van der Waals surface area contributed by atoms with Crippen LogP contribution in [0.3, 0.4) is 0 Å². The van der Waals surface area contributed by atoms with Crippen LogP contribution in [0, 0.1) is 6.92 Å². The maximum absolute atomic E-state index is 6.37. The van der Waals surface area contributed by atoms with Gasteiger partial charge < -0.3 is 4.42 Å². The fourth-order valence-corrected chi connectivity index (χ4v) is 6.14. The summed E-state index contributed by atoms with van der Waals surface area (Å²) >= 11 is 0. The first-order valence-electron chi connectivity index (χ1n) is 11.4. The van der Waals surface area contributed by atoms with E-state index in [1.54, 1.807) is 6.08 Å². The molecule has 0 saturated carbocycles. The van der Waals surface area contributed by atoms with Gasteiger partial charge in [-0.25, -0.2) is 0 Å². The molecule has 2 aliphatic carbocycles. The first-order chi connectivity index (χ1) is 16.2. The Morgan fingerprint density at radius 2 is 1.24 bits per heavy atom. The molecule has 0 bridgehead atoms. The molecule has 1 spiro atoms. The molecular weight excluding hydrogens is 400 g/mol. The smallest absolute Gasteiger partial charge is 0.135 e. The highest BCUT2D eigenvalue weighted by Gasteiger charge is 2.51. The molecule has 0 radical (unpaired) electrons. The zero-order valence-electron chi connectivity index (χ0n) is 18.4. The van der Waals surface area contributed by atoms with Crippen LogP contribution in [-0.4, -0.2) is 0 Å². The summed E-state index contributed by atoms with van der Waals surface area (Å²) in [6.07, 6.45) is 5.71. The minimum absolute atomic E-state index is 0.328. The molecule has 0 fully saturated rings. The lowest BCUT2D eigenvalue weighted by molar-refractivity contribution is 0.600. The van der Waals surface area contributed by atoms with E-state index in [-0.39, 0.29) is 5.41 Å². The Morgan fingerprint density at radius 3 is 1.82 bits per heavy atom. The number of hydrogen-bond donors (Lipinski definition) is 0. The van der Waals surface area contributed by atoms with E-state index in [1.165, 1.54) is 49.9 Å². The van der Waals surface area contributed by atoms with Gasteiger partial charge in [-0.15, -0.1) is 0 Å². The van der Waals surface area contributed by atoms with Gasteiger partial charge in [0.15, 0.2) is 0 Å². The maximum atomic E-state index is 6.37. The summed E-state index contributed by atoms with van der Waals surface area (Å²) in [6.45, 7) is 5.93. The highest BCUT2D eigenvalue weighted by Crippen LogP contribution is 2.63. The quantitative estimate of drug-likeness (QED) is 0.255. The molecule has 1 nitrogen and oxygen atoms in total. The molecular formula is C32H22O. The van der Waals surface area contributed by atoms with Crippen molar-refractivity contribution in [3.05, 3.63) is 137 Å². The van der Waals surface area contributed by atoms with Crippen molar-refractivity contribution in [3.8, 4) is 22.3 Å². The lowest BCUT2D eigenvalue weighted by Crippen LogP contribution is -2.25. The number of rotatable bonds is 2. The van der Waals surface area contributed by atoms with Crippen LogP contribution in [0.1, 0.15) is 33.6 Å². The third kappa shape index (κ3) is 2.17. The molecule has 156 valence electrons. The Hall–Kier alpha value is -4.10. The van der Waals surface area contributed by atoms with E-state index in [4.69, 9.17) is 4.42 Å². The zero-order valence-corrected chi connectivity index (χ0v) is 18.4. The standard InChI is InChI=1S/C32H22O/c1-3-4-17-30-20(2)24-18-25-23-13-7-10-16-28(23)32(29(25)19-31(24)33-30)26-14-8-5-11-21(26)22-12-6-9-15-27(22)32/h3-19H,1H2,2H3/b17-4-. The molecule has 0 N–H and O–H groups in total. The second-order valence-electron chi connectivity index (χ2n) is 8.97. The summed E-state index contributed by atoms with van der Waals surface area (Å²) in [4.78, 5) is 0. The lowest BCUT2D eigenvalue weighted by atomic mass is 9.70. The van der Waals surface area contributed by atoms with E-state index < -0.39 is 0 Å². The number of fused-ring (bicyclic) bond motifs is 11. The largest absolute Gasteiger partial charge is 0.456 e. The molecule has 4 aromatic carbocycles. The van der Waals surface area contributed by atoms with Gasteiger partial charge in [-0.1, -0.05) is 91.5 Å². The van der Waals surface area contributed by atoms with Crippen LogP contribution >= 0.6 is 0 Å². The number of benzene rings is 4. The average molecular weight is 423 g/mol. The molecule has 0 unspecified atom stereocenters. The summed E-state index contributed by atoms with van der Waals surface area (Å²) in [5, 5.41) is 1.17. The van der Waals surface area contributed by atoms with Gasteiger partial charge in [-0.05, 0) is 69.6 Å². The Morgan fingerprint density at radius 1 is 0.697 bits per heavy atom. The van der Waals surface area contributed by atoms with Crippen molar-refractivity contribution in [2.75, 3.05) is 0 Å². The lowest BCUT2D eigenvalue weighted by Gasteiger charge is -2.30. The number of allylic oxidation sites excluding steroid dienone is 2. The van der Waals surface area contributed by atoms with Crippen molar-refractivity contribution in [1.29, 1.82) is 0 Å². The van der Waals surface area contributed by atoms with Gasteiger partial charge in [0, 0.05) is 10.9 Å². The molecule has 0 saturated heterocycles. The Labute approximate surface area is 193 Å². The zero-order chi connectivity index (χ0) is 22.2. The number of furan rings is 1. The summed E-state index contributed by atoms with van der Waals surface area (Å²) in [5.41, 5.74) is 12.4. The van der Waals surface area contributed by atoms with Gasteiger partial charge in [-0.3, -0.25) is 0 Å². The van der Waals surface area contributed by atoms with Crippen molar-refractivity contribution in [1.82, 2.24) is 0 Å². The van der Waals surface area contributed by atoms with E-state index in [1.807, 2.05) is 12.2 Å². The van der Waals surface area contributed by atoms with Crippen LogP contribution < -0.4 is 0 Å². The van der Waals surface area contributed by atoms with Crippen molar-refractivity contribution < 1.29 is 4.42 Å². The van der Waals surface area contributed by atoms with Gasteiger partial charge >= 0.3 is 0 Å². The van der Waals surface area contributed by atoms with Crippen LogP contribution in [0.15, 0.2) is 108 Å². The second kappa shape index (κ2) is 6.46. The molecule has 0 atom stereocenters. The van der Waals surface area contributed by atoms with Crippen LogP contribution in [0.25, 0.3) is 39.3 Å². The molecule has 1 heterocycles. The van der Waals surface area contributed by atoms with Crippen molar-refractivity contribution >= 4 is 17.0 Å². The average Bonchev–Trinajstić information content (AvgIpc) is 3.45. The van der Waals surface area contributed by atoms with Crippen molar-refractivity contribution in [2.24, 2.45) is 0 Å². The minimum Gasteiger partial charge on any atom is -0.456 e. The van der Waals surface area contributed by atoms with E-state index in [0.717, 1.165) is 16.9 Å². The molecule has 0 aliphatic heterocycles. The first-order valence-corrected chi connectivity index (χ1v) is 11.4. The molecule has 7 rings (SSSR count). The fraction of sp³-hybridized carbons (Fsp3) is 0.0625. The molecule has 0 amide bonds. The van der Waals surface area contributed by atoms with Crippen LogP contribution in [-0.2, 0) is 5.41 Å². The van der Waals surface area contributed by atoms with E-state index in [2.05, 4.69) is 98.4 Å². The number of hydrogen-bond acceptors (Lipinski definition) is 1. The predicted octanol–water partition coefficient (Wildman–Crippen LogP) is 8.28. The third-order valence-electron chi connectivity index (χ3n) is 7.47. The van der Waals surface area contributed by atoms with Crippen molar-refractivity contribution in [2.45, 2.75) is 12.3 Å². The summed E-state index contributed by atoms with van der Waals surface area (Å²) in [6, 6.07) is 31.3. The fourth-order valence-electron chi connectivity index (χ4n) is 6.14. The summed E-state index contributed by atoms with van der Waals surface area (Å²) < 4.78 is 6.37. The summed E-state index contributed by atoms with van der Waals surface area (Å²) in [5.74, 6) is 0.892. The molecule has 2 aliphatic rings. The van der Waals surface area contributed by atoms with Gasteiger partial charge in [0.25, 0.3) is 0 Å². The van der Waals surface area contributed by atoms with Gasteiger partial charge in [0.2, 0.25) is 0 Å². The van der Waals surface area contributed by atoms with Gasteiger partial charge in [0.05, 0.1) is 5.41 Å². The third-order valence-corrected chi connectivity index (χ3v) is 7.47. The normalized spacial score (nSPS) is 14.5. The molecule has 1 aromatic heterocycles. The summed E-state index contributed by atoms with van der Waals surface area (Å²) in [7, 11) is 0. The SMILES string of the molecule is C=C/C=C\c1oc2cc3c(cc2c1C)-c1ccccc1C31c2ccccc2-c2ccccc21. The molecule has 5 aromatic rings. The second-order valence-corrected chi connectivity index (χ2v) is 8.97. The van der Waals surface area contributed by atoms with Gasteiger partial charge in [-0.2, -0.15) is 0 Å². The molecule has 1 heteroatoms. The number of aryl methyl sites for hydroxylation is 1. The minimum atomic E-state index is -0.328. The van der Waals surface area contributed by atoms with Crippen LogP contribution in [0.5, 0.6) is 0 Å². The Kier molecular flexibility index (Phi) is 3.62. The highest BCUT2D eigenvalue weighted by molar-refractivity contribution is 5.99. The predicted molar refractivity (Wildman–Crippen MR) is 136 cm³/mol. The monoisotopic (exact) mass is 422 g/mol.